The van der Waals surface area contributed by atoms with Gasteiger partial charge in [0.1, 0.15) is 18.1 Å². The van der Waals surface area contributed by atoms with Crippen LogP contribution in [0.1, 0.15) is 57.1 Å². The normalized spacial score (nSPS) is 19.0. The molecular weight excluding hydrogens is 462 g/mol. The minimum Gasteiger partial charge on any atom is -0.494 e. The molecule has 1 atom stereocenters. The summed E-state index contributed by atoms with van der Waals surface area (Å²) >= 11 is 0. The molecule has 1 unspecified atom stereocenters. The summed E-state index contributed by atoms with van der Waals surface area (Å²) in [5, 5.41) is 0. The Morgan fingerprint density at radius 2 is 1.49 bits per heavy atom. The summed E-state index contributed by atoms with van der Waals surface area (Å²) in [6, 6.07) is 25.4. The zero-order valence-corrected chi connectivity index (χ0v) is 21.7. The Kier molecular flexibility index (Phi) is 6.88. The zero-order valence-electron chi connectivity index (χ0n) is 21.7. The van der Waals surface area contributed by atoms with Crippen molar-refractivity contribution in [3.63, 3.8) is 0 Å². The number of hydrogen-bond acceptors (Lipinski definition) is 4. The fourth-order valence-corrected chi connectivity index (χ4v) is 5.39. The molecule has 37 heavy (non-hydrogen) atoms. The number of rotatable bonds is 7. The summed E-state index contributed by atoms with van der Waals surface area (Å²) in [6.45, 7) is 7.20. The van der Waals surface area contributed by atoms with Gasteiger partial charge in [0.25, 0.3) is 0 Å². The van der Waals surface area contributed by atoms with Crippen LogP contribution in [0.25, 0.3) is 0 Å². The maximum atomic E-state index is 13.6. The van der Waals surface area contributed by atoms with E-state index in [0.29, 0.717) is 26.1 Å². The second kappa shape index (κ2) is 10.3. The molecule has 190 valence electrons. The van der Waals surface area contributed by atoms with Crippen molar-refractivity contribution >= 4 is 17.4 Å². The highest BCUT2D eigenvalue weighted by atomic mass is 16.5. The second-order valence-corrected chi connectivity index (χ2v) is 10.6. The fourth-order valence-electron chi connectivity index (χ4n) is 5.39. The standard InChI is InChI=1S/C32H33NO4/c1-4-36-25-16-12-24(13-17-25)33-28-19-32(2,3)20-29(34)31(28)27(18-30(33)35)23-10-14-26(15-11-23)37-21-22-8-6-5-7-9-22/h5-17,27H,4,18-21H2,1-3H3. The summed E-state index contributed by atoms with van der Waals surface area (Å²) in [7, 11) is 0. The lowest BCUT2D eigenvalue weighted by Crippen LogP contribution is -2.43. The largest absolute Gasteiger partial charge is 0.494 e. The molecule has 0 fully saturated rings. The molecular formula is C32H33NO4. The van der Waals surface area contributed by atoms with Crippen LogP contribution in [0.5, 0.6) is 11.5 Å². The number of carbonyl (C=O) groups is 2. The molecule has 2 aliphatic rings. The molecule has 1 heterocycles. The van der Waals surface area contributed by atoms with E-state index in [0.717, 1.165) is 39.6 Å². The van der Waals surface area contributed by atoms with Crippen LogP contribution in [-0.2, 0) is 16.2 Å². The number of benzene rings is 3. The summed E-state index contributed by atoms with van der Waals surface area (Å²) in [5.74, 6) is 1.40. The number of Topliss-reactive ketones (excluding diaryl/α,β-unsaturated/α-hetero) is 1. The molecule has 5 heteroatoms. The number of carbonyl (C=O) groups excluding carboxylic acids is 2. The van der Waals surface area contributed by atoms with Crippen LogP contribution in [-0.4, -0.2) is 18.3 Å². The van der Waals surface area contributed by atoms with Gasteiger partial charge in [0.05, 0.1) is 6.61 Å². The first-order chi connectivity index (χ1) is 17.8. The van der Waals surface area contributed by atoms with Crippen molar-refractivity contribution in [2.24, 2.45) is 5.41 Å². The fraction of sp³-hybridized carbons (Fsp3) is 0.312. The van der Waals surface area contributed by atoms with E-state index < -0.39 is 0 Å². The van der Waals surface area contributed by atoms with E-state index >= 15 is 0 Å². The predicted octanol–water partition coefficient (Wildman–Crippen LogP) is 6.83. The molecule has 1 aliphatic heterocycles. The van der Waals surface area contributed by atoms with Gasteiger partial charge < -0.3 is 9.47 Å². The van der Waals surface area contributed by atoms with Crippen molar-refractivity contribution < 1.29 is 19.1 Å². The van der Waals surface area contributed by atoms with Gasteiger partial charge in [-0.1, -0.05) is 56.3 Å². The van der Waals surface area contributed by atoms with Gasteiger partial charge in [-0.05, 0) is 66.3 Å². The molecule has 5 nitrogen and oxygen atoms in total. The van der Waals surface area contributed by atoms with E-state index in [-0.39, 0.29) is 29.4 Å². The molecule has 3 aromatic carbocycles. The third kappa shape index (κ3) is 5.31. The van der Waals surface area contributed by atoms with E-state index in [9.17, 15) is 9.59 Å². The number of amides is 1. The minimum absolute atomic E-state index is 0.00261. The molecule has 0 spiro atoms. The van der Waals surface area contributed by atoms with E-state index in [1.165, 1.54) is 0 Å². The van der Waals surface area contributed by atoms with Gasteiger partial charge in [-0.2, -0.15) is 0 Å². The predicted molar refractivity (Wildman–Crippen MR) is 145 cm³/mol. The van der Waals surface area contributed by atoms with Crippen molar-refractivity contribution in [1.82, 2.24) is 0 Å². The number of allylic oxidation sites excluding steroid dienone is 2. The minimum atomic E-state index is -0.256. The summed E-state index contributed by atoms with van der Waals surface area (Å²) in [6.07, 6.45) is 1.40. The molecule has 5 rings (SSSR count). The molecule has 0 saturated carbocycles. The van der Waals surface area contributed by atoms with Crippen LogP contribution in [0.4, 0.5) is 5.69 Å². The van der Waals surface area contributed by atoms with Gasteiger partial charge in [0.2, 0.25) is 5.91 Å². The lowest BCUT2D eigenvalue weighted by Gasteiger charge is -2.43. The van der Waals surface area contributed by atoms with E-state index in [2.05, 4.69) is 13.8 Å². The molecule has 0 radical (unpaired) electrons. The molecule has 0 aromatic heterocycles. The maximum Gasteiger partial charge on any atom is 0.232 e. The number of hydrogen-bond donors (Lipinski definition) is 0. The van der Waals surface area contributed by atoms with Gasteiger partial charge in [-0.25, -0.2) is 0 Å². The smallest absolute Gasteiger partial charge is 0.232 e. The van der Waals surface area contributed by atoms with Crippen LogP contribution >= 0.6 is 0 Å². The molecule has 1 amide bonds. The van der Waals surface area contributed by atoms with Gasteiger partial charge in [-0.3, -0.25) is 14.5 Å². The number of nitrogens with zero attached hydrogens (tertiary/aromatic N) is 1. The second-order valence-electron chi connectivity index (χ2n) is 10.6. The van der Waals surface area contributed by atoms with Gasteiger partial charge in [0.15, 0.2) is 5.78 Å². The van der Waals surface area contributed by atoms with Crippen LogP contribution < -0.4 is 14.4 Å². The zero-order chi connectivity index (χ0) is 26.0. The third-order valence-electron chi connectivity index (χ3n) is 7.08. The molecule has 0 saturated heterocycles. The highest BCUT2D eigenvalue weighted by Gasteiger charge is 2.44. The quantitative estimate of drug-likeness (QED) is 0.361. The summed E-state index contributed by atoms with van der Waals surface area (Å²) in [4.78, 5) is 28.9. The topological polar surface area (TPSA) is 55.8 Å². The first-order valence-corrected chi connectivity index (χ1v) is 12.9. The van der Waals surface area contributed by atoms with Crippen molar-refractivity contribution in [3.05, 3.63) is 101 Å². The number of ether oxygens (including phenoxy) is 2. The van der Waals surface area contributed by atoms with Crippen molar-refractivity contribution in [2.75, 3.05) is 11.5 Å². The maximum absolute atomic E-state index is 13.6. The Balaban J connectivity index is 1.46. The Morgan fingerprint density at radius 3 is 2.16 bits per heavy atom. The average Bonchev–Trinajstić information content (AvgIpc) is 2.88. The Bertz CT molecular complexity index is 1310. The van der Waals surface area contributed by atoms with Crippen LogP contribution in [0, 0.1) is 5.41 Å². The monoisotopic (exact) mass is 495 g/mol. The molecule has 0 bridgehead atoms. The average molecular weight is 496 g/mol. The number of ketones is 1. The van der Waals surface area contributed by atoms with Gasteiger partial charge >= 0.3 is 0 Å². The Labute approximate surface area is 218 Å². The SMILES string of the molecule is CCOc1ccc(N2C(=O)CC(c3ccc(OCc4ccccc4)cc3)C3=C2CC(C)(C)CC3=O)cc1. The number of anilines is 1. The van der Waals surface area contributed by atoms with Crippen LogP contribution in [0.15, 0.2) is 90.1 Å². The van der Waals surface area contributed by atoms with E-state index in [4.69, 9.17) is 9.47 Å². The molecule has 3 aromatic rings. The molecule has 0 N–H and O–H groups in total. The Morgan fingerprint density at radius 1 is 0.838 bits per heavy atom. The van der Waals surface area contributed by atoms with Crippen LogP contribution in [0.2, 0.25) is 0 Å². The molecule has 1 aliphatic carbocycles. The first-order valence-electron chi connectivity index (χ1n) is 12.9. The summed E-state index contributed by atoms with van der Waals surface area (Å²) in [5.41, 5.74) is 4.23. The van der Waals surface area contributed by atoms with Gasteiger partial charge in [0, 0.05) is 35.7 Å². The lowest BCUT2D eigenvalue weighted by molar-refractivity contribution is -0.121. The third-order valence-corrected chi connectivity index (χ3v) is 7.08. The van der Waals surface area contributed by atoms with E-state index in [1.807, 2.05) is 85.8 Å². The Hall–Kier alpha value is -3.86. The van der Waals surface area contributed by atoms with Crippen LogP contribution in [0.3, 0.4) is 0 Å². The highest BCUT2D eigenvalue weighted by molar-refractivity contribution is 6.07. The van der Waals surface area contributed by atoms with Crippen molar-refractivity contribution in [3.8, 4) is 11.5 Å². The van der Waals surface area contributed by atoms with Crippen molar-refractivity contribution in [2.45, 2.75) is 52.6 Å². The van der Waals surface area contributed by atoms with Gasteiger partial charge in [-0.15, -0.1) is 0 Å². The summed E-state index contributed by atoms with van der Waals surface area (Å²) < 4.78 is 11.5. The lowest BCUT2D eigenvalue weighted by atomic mass is 9.69. The first kappa shape index (κ1) is 24.8. The highest BCUT2D eigenvalue weighted by Crippen LogP contribution is 2.48. The van der Waals surface area contributed by atoms with Crippen molar-refractivity contribution in [1.29, 1.82) is 0 Å². The van der Waals surface area contributed by atoms with E-state index in [1.54, 1.807) is 4.90 Å².